The van der Waals surface area contributed by atoms with Gasteiger partial charge in [-0.25, -0.2) is 13.2 Å². The molecule has 144 valence electrons. The van der Waals surface area contributed by atoms with Gasteiger partial charge in [0.1, 0.15) is 6.61 Å². The van der Waals surface area contributed by atoms with Crippen molar-refractivity contribution in [3.63, 3.8) is 0 Å². The number of hydrogen-bond donors (Lipinski definition) is 1. The van der Waals surface area contributed by atoms with Crippen LogP contribution in [0.25, 0.3) is 0 Å². The third kappa shape index (κ3) is 3.99. The first kappa shape index (κ1) is 19.4. The second kappa shape index (κ2) is 8.14. The van der Waals surface area contributed by atoms with Crippen molar-refractivity contribution in [3.8, 4) is 11.5 Å². The van der Waals surface area contributed by atoms with Crippen molar-refractivity contribution in [1.29, 1.82) is 0 Å². The highest BCUT2D eigenvalue weighted by Crippen LogP contribution is 2.36. The standard InChI is InChI=1S/C21H18O6S/c1-26-18-13-20(28(24,25)16-10-6-3-7-11-16)17(21(22)23)12-19(18)27-14-15-8-4-2-5-9-15/h2-13H,14H2,1H3,(H,22,23). The number of carboxylic acids is 1. The number of ether oxygens (including phenoxy) is 2. The van der Waals surface area contributed by atoms with Crippen molar-refractivity contribution in [2.45, 2.75) is 16.4 Å². The van der Waals surface area contributed by atoms with Gasteiger partial charge in [-0.15, -0.1) is 0 Å². The van der Waals surface area contributed by atoms with Crippen molar-refractivity contribution >= 4 is 15.8 Å². The average molecular weight is 398 g/mol. The Morgan fingerprint density at radius 3 is 2.11 bits per heavy atom. The molecular weight excluding hydrogens is 380 g/mol. The SMILES string of the molecule is COc1cc(S(=O)(=O)c2ccccc2)c(C(=O)O)cc1OCc1ccccc1. The van der Waals surface area contributed by atoms with Gasteiger partial charge in [-0.1, -0.05) is 48.5 Å². The monoisotopic (exact) mass is 398 g/mol. The van der Waals surface area contributed by atoms with E-state index in [0.717, 1.165) is 5.56 Å². The highest BCUT2D eigenvalue weighted by molar-refractivity contribution is 7.91. The Labute approximate surface area is 162 Å². The van der Waals surface area contributed by atoms with Gasteiger partial charge >= 0.3 is 5.97 Å². The Morgan fingerprint density at radius 1 is 0.929 bits per heavy atom. The summed E-state index contributed by atoms with van der Waals surface area (Å²) in [5.41, 5.74) is 0.495. The molecule has 0 amide bonds. The maximum atomic E-state index is 13.0. The summed E-state index contributed by atoms with van der Waals surface area (Å²) in [4.78, 5) is 11.4. The summed E-state index contributed by atoms with van der Waals surface area (Å²) < 4.78 is 36.9. The molecule has 0 aromatic heterocycles. The summed E-state index contributed by atoms with van der Waals surface area (Å²) in [6.07, 6.45) is 0. The topological polar surface area (TPSA) is 89.9 Å². The molecule has 0 aliphatic carbocycles. The van der Waals surface area contributed by atoms with E-state index >= 15 is 0 Å². The molecule has 1 N–H and O–H groups in total. The average Bonchev–Trinajstić information content (AvgIpc) is 2.72. The predicted octanol–water partition coefficient (Wildman–Crippen LogP) is 3.81. The van der Waals surface area contributed by atoms with Crippen LogP contribution >= 0.6 is 0 Å². The van der Waals surface area contributed by atoms with E-state index in [2.05, 4.69) is 0 Å². The minimum absolute atomic E-state index is 0.00231. The molecule has 0 aliphatic rings. The van der Waals surface area contributed by atoms with Crippen LogP contribution in [0.1, 0.15) is 15.9 Å². The molecule has 0 atom stereocenters. The van der Waals surface area contributed by atoms with Gasteiger partial charge in [-0.3, -0.25) is 0 Å². The third-order valence-electron chi connectivity index (χ3n) is 4.08. The first-order chi connectivity index (χ1) is 13.4. The summed E-state index contributed by atoms with van der Waals surface area (Å²) in [7, 11) is -2.68. The van der Waals surface area contributed by atoms with E-state index in [1.807, 2.05) is 30.3 Å². The number of carbonyl (C=O) groups is 1. The molecule has 0 saturated heterocycles. The summed E-state index contributed by atoms with van der Waals surface area (Å²) in [6.45, 7) is 0.182. The molecular formula is C21H18O6S. The quantitative estimate of drug-likeness (QED) is 0.651. The molecule has 0 fully saturated rings. The molecule has 7 heteroatoms. The molecule has 0 bridgehead atoms. The van der Waals surface area contributed by atoms with Gasteiger partial charge in [0.2, 0.25) is 9.84 Å². The van der Waals surface area contributed by atoms with E-state index in [1.54, 1.807) is 18.2 Å². The van der Waals surface area contributed by atoms with Gasteiger partial charge in [-0.05, 0) is 23.8 Å². The van der Waals surface area contributed by atoms with Crippen molar-refractivity contribution in [2.24, 2.45) is 0 Å². The molecule has 0 spiro atoms. The molecule has 6 nitrogen and oxygen atoms in total. The molecule has 3 rings (SSSR count). The fraction of sp³-hybridized carbons (Fsp3) is 0.0952. The second-order valence-electron chi connectivity index (χ2n) is 5.90. The molecule has 3 aromatic rings. The van der Waals surface area contributed by atoms with E-state index in [0.29, 0.717) is 0 Å². The fourth-order valence-electron chi connectivity index (χ4n) is 2.67. The van der Waals surface area contributed by atoms with E-state index in [4.69, 9.17) is 9.47 Å². The molecule has 0 saturated carbocycles. The summed E-state index contributed by atoms with van der Waals surface area (Å²) in [5.74, 6) is -1.09. The smallest absolute Gasteiger partial charge is 0.337 e. The Kier molecular flexibility index (Phi) is 5.65. The highest BCUT2D eigenvalue weighted by atomic mass is 32.2. The van der Waals surface area contributed by atoms with Gasteiger partial charge in [-0.2, -0.15) is 0 Å². The van der Waals surface area contributed by atoms with E-state index in [1.165, 1.54) is 31.4 Å². The first-order valence-electron chi connectivity index (χ1n) is 8.35. The Balaban J connectivity index is 2.06. The van der Waals surface area contributed by atoms with Crippen LogP contribution in [0.3, 0.4) is 0 Å². The number of hydrogen-bond acceptors (Lipinski definition) is 5. The molecule has 3 aromatic carbocycles. The maximum Gasteiger partial charge on any atom is 0.337 e. The third-order valence-corrected chi connectivity index (χ3v) is 5.89. The largest absolute Gasteiger partial charge is 0.493 e. The second-order valence-corrected chi connectivity index (χ2v) is 7.81. The Hall–Kier alpha value is -3.32. The van der Waals surface area contributed by atoms with Crippen LogP contribution in [-0.2, 0) is 16.4 Å². The van der Waals surface area contributed by atoms with Gasteiger partial charge in [0, 0.05) is 6.07 Å². The lowest BCUT2D eigenvalue weighted by Crippen LogP contribution is -2.11. The molecule has 28 heavy (non-hydrogen) atoms. The van der Waals surface area contributed by atoms with Gasteiger partial charge < -0.3 is 14.6 Å². The Morgan fingerprint density at radius 2 is 1.54 bits per heavy atom. The van der Waals surface area contributed by atoms with Crippen LogP contribution in [-0.4, -0.2) is 26.6 Å². The number of methoxy groups -OCH3 is 1. The lowest BCUT2D eigenvalue weighted by atomic mass is 10.2. The first-order valence-corrected chi connectivity index (χ1v) is 9.84. The van der Waals surface area contributed by atoms with Gasteiger partial charge in [0.25, 0.3) is 0 Å². The minimum Gasteiger partial charge on any atom is -0.493 e. The fourth-order valence-corrected chi connectivity index (χ4v) is 4.13. The normalized spacial score (nSPS) is 11.0. The Bertz CT molecular complexity index is 1080. The van der Waals surface area contributed by atoms with Gasteiger partial charge in [0.15, 0.2) is 11.5 Å². The van der Waals surface area contributed by atoms with E-state index < -0.39 is 15.8 Å². The van der Waals surface area contributed by atoms with E-state index in [-0.39, 0.29) is 33.5 Å². The van der Waals surface area contributed by atoms with Crippen molar-refractivity contribution in [2.75, 3.05) is 7.11 Å². The van der Waals surface area contributed by atoms with Crippen LogP contribution in [0, 0.1) is 0 Å². The van der Waals surface area contributed by atoms with Crippen LogP contribution < -0.4 is 9.47 Å². The van der Waals surface area contributed by atoms with Crippen molar-refractivity contribution in [3.05, 3.63) is 83.9 Å². The van der Waals surface area contributed by atoms with Crippen molar-refractivity contribution in [1.82, 2.24) is 0 Å². The molecule has 0 aliphatic heterocycles. The van der Waals surface area contributed by atoms with Crippen LogP contribution in [0.4, 0.5) is 0 Å². The molecule has 0 unspecified atom stereocenters. The highest BCUT2D eigenvalue weighted by Gasteiger charge is 2.27. The lowest BCUT2D eigenvalue weighted by molar-refractivity contribution is 0.0692. The zero-order chi connectivity index (χ0) is 20.1. The van der Waals surface area contributed by atoms with E-state index in [9.17, 15) is 18.3 Å². The number of carboxylic acid groups (broad SMARTS) is 1. The molecule has 0 heterocycles. The van der Waals surface area contributed by atoms with Crippen molar-refractivity contribution < 1.29 is 27.8 Å². The maximum absolute atomic E-state index is 13.0. The van der Waals surface area contributed by atoms with Crippen LogP contribution in [0.2, 0.25) is 0 Å². The van der Waals surface area contributed by atoms with Gasteiger partial charge in [0.05, 0.1) is 22.5 Å². The zero-order valence-electron chi connectivity index (χ0n) is 15.0. The number of rotatable bonds is 7. The number of sulfone groups is 1. The minimum atomic E-state index is -4.05. The van der Waals surface area contributed by atoms with Crippen LogP contribution in [0.5, 0.6) is 11.5 Å². The summed E-state index contributed by atoms with van der Waals surface area (Å²) >= 11 is 0. The van der Waals surface area contributed by atoms with Crippen LogP contribution in [0.15, 0.2) is 82.6 Å². The lowest BCUT2D eigenvalue weighted by Gasteiger charge is -2.15. The molecule has 0 radical (unpaired) electrons. The summed E-state index contributed by atoms with van der Waals surface area (Å²) in [5, 5.41) is 9.59. The number of benzene rings is 3. The number of aromatic carboxylic acids is 1. The zero-order valence-corrected chi connectivity index (χ0v) is 15.8. The predicted molar refractivity (Wildman–Crippen MR) is 103 cm³/mol. The summed E-state index contributed by atoms with van der Waals surface area (Å²) in [6, 6.07) is 19.3.